The van der Waals surface area contributed by atoms with Crippen molar-refractivity contribution in [3.63, 3.8) is 0 Å². The molecule has 2 saturated heterocycles. The summed E-state index contributed by atoms with van der Waals surface area (Å²) in [5.41, 5.74) is 2.39. The van der Waals surface area contributed by atoms with Crippen LogP contribution >= 0.6 is 22.9 Å². The highest BCUT2D eigenvalue weighted by Crippen LogP contribution is 2.35. The molecule has 1 atom stereocenters. The summed E-state index contributed by atoms with van der Waals surface area (Å²) < 4.78 is 6.05. The minimum absolute atomic E-state index is 0.0491. The molecule has 5 rings (SSSR count). The molecule has 3 heterocycles. The lowest BCUT2D eigenvalue weighted by Gasteiger charge is -2.24. The van der Waals surface area contributed by atoms with E-state index in [1.807, 2.05) is 18.2 Å². The van der Waals surface area contributed by atoms with Crippen molar-refractivity contribution in [2.24, 2.45) is 5.92 Å². The Labute approximate surface area is 213 Å². The van der Waals surface area contributed by atoms with E-state index in [4.69, 9.17) is 16.3 Å². The minimum atomic E-state index is -0.475. The van der Waals surface area contributed by atoms with Gasteiger partial charge in [-0.05, 0) is 56.0 Å². The van der Waals surface area contributed by atoms with Gasteiger partial charge in [-0.1, -0.05) is 24.4 Å². The lowest BCUT2D eigenvalue weighted by molar-refractivity contribution is -0.119. The Hall–Kier alpha value is -2.78. The molecule has 2 aromatic rings. The largest absolute Gasteiger partial charge is 0.442 e. The highest BCUT2D eigenvalue weighted by Gasteiger charge is 2.33. The van der Waals surface area contributed by atoms with E-state index < -0.39 is 12.2 Å². The average Bonchev–Trinajstić information content (AvgIpc) is 3.65. The molecule has 1 aromatic carbocycles. The van der Waals surface area contributed by atoms with Crippen molar-refractivity contribution < 1.29 is 19.1 Å². The summed E-state index contributed by atoms with van der Waals surface area (Å²) in [6.07, 6.45) is 5.34. The van der Waals surface area contributed by atoms with Gasteiger partial charge in [0.15, 0.2) is 0 Å². The number of carbonyl (C=O) groups excluding carboxylic acids is 3. The zero-order chi connectivity index (χ0) is 24.4. The summed E-state index contributed by atoms with van der Waals surface area (Å²) in [6, 6.07) is 9.09. The molecule has 2 aliphatic heterocycles. The normalized spacial score (nSPS) is 20.4. The van der Waals surface area contributed by atoms with E-state index in [0.717, 1.165) is 63.0 Å². The smallest absolute Gasteiger partial charge is 0.414 e. The molecule has 3 aliphatic rings. The van der Waals surface area contributed by atoms with E-state index >= 15 is 0 Å². The van der Waals surface area contributed by atoms with Crippen LogP contribution < -0.4 is 20.4 Å². The van der Waals surface area contributed by atoms with Crippen molar-refractivity contribution in [1.82, 2.24) is 5.32 Å². The van der Waals surface area contributed by atoms with Crippen LogP contribution in [0, 0.1) is 5.92 Å². The predicted octanol–water partition coefficient (Wildman–Crippen LogP) is 4.89. The van der Waals surface area contributed by atoms with Crippen LogP contribution in [0.5, 0.6) is 0 Å². The first kappa shape index (κ1) is 23.9. The molecular weight excluding hydrogens is 488 g/mol. The highest BCUT2D eigenvalue weighted by molar-refractivity contribution is 7.18. The number of anilines is 3. The molecule has 1 unspecified atom stereocenters. The third kappa shape index (κ3) is 5.41. The molecule has 2 N–H and O–H groups in total. The Morgan fingerprint density at radius 1 is 1.09 bits per heavy atom. The SMILES string of the molecule is O=C(NCC1CN(c2ccc(N3CCCC3)c(NC(=O)C3CCCC3)c2)C(=O)O1)c1ccc(Cl)s1. The molecule has 35 heavy (non-hydrogen) atoms. The van der Waals surface area contributed by atoms with Crippen LogP contribution in [0.4, 0.5) is 21.9 Å². The summed E-state index contributed by atoms with van der Waals surface area (Å²) in [5.74, 6) is -0.144. The second-order valence-electron chi connectivity index (χ2n) is 9.30. The van der Waals surface area contributed by atoms with Gasteiger partial charge in [-0.3, -0.25) is 14.5 Å². The zero-order valence-corrected chi connectivity index (χ0v) is 21.0. The summed E-state index contributed by atoms with van der Waals surface area (Å²) in [7, 11) is 0. The van der Waals surface area contributed by atoms with Gasteiger partial charge >= 0.3 is 6.09 Å². The lowest BCUT2D eigenvalue weighted by atomic mass is 10.1. The van der Waals surface area contributed by atoms with Crippen molar-refractivity contribution in [2.45, 2.75) is 44.6 Å². The molecule has 10 heteroatoms. The highest BCUT2D eigenvalue weighted by atomic mass is 35.5. The number of rotatable bonds is 7. The fourth-order valence-corrected chi connectivity index (χ4v) is 5.98. The molecule has 0 spiro atoms. The third-order valence-electron chi connectivity index (χ3n) is 6.88. The Morgan fingerprint density at radius 2 is 1.86 bits per heavy atom. The number of thiophene rings is 1. The molecule has 1 saturated carbocycles. The summed E-state index contributed by atoms with van der Waals surface area (Å²) in [5, 5.41) is 5.96. The van der Waals surface area contributed by atoms with Gasteiger partial charge in [0.1, 0.15) is 6.10 Å². The first-order valence-corrected chi connectivity index (χ1v) is 13.4. The Bertz CT molecular complexity index is 1110. The van der Waals surface area contributed by atoms with E-state index in [9.17, 15) is 14.4 Å². The fraction of sp³-hybridized carbons (Fsp3) is 0.480. The number of nitrogens with zero attached hydrogens (tertiary/aromatic N) is 2. The van der Waals surface area contributed by atoms with Gasteiger partial charge < -0.3 is 20.3 Å². The number of carbonyl (C=O) groups is 3. The van der Waals surface area contributed by atoms with Gasteiger partial charge in [0, 0.05) is 24.7 Å². The van der Waals surface area contributed by atoms with E-state index in [1.165, 1.54) is 11.3 Å². The first-order chi connectivity index (χ1) is 17.0. The third-order valence-corrected chi connectivity index (χ3v) is 8.11. The van der Waals surface area contributed by atoms with E-state index in [-0.39, 0.29) is 24.3 Å². The Kier molecular flexibility index (Phi) is 7.15. The monoisotopic (exact) mass is 516 g/mol. The Morgan fingerprint density at radius 3 is 2.57 bits per heavy atom. The van der Waals surface area contributed by atoms with Crippen molar-refractivity contribution >= 4 is 57.9 Å². The molecule has 0 radical (unpaired) electrons. The predicted molar refractivity (Wildman–Crippen MR) is 138 cm³/mol. The van der Waals surface area contributed by atoms with Crippen molar-refractivity contribution in [1.29, 1.82) is 0 Å². The van der Waals surface area contributed by atoms with E-state index in [0.29, 0.717) is 21.4 Å². The lowest BCUT2D eigenvalue weighted by Crippen LogP contribution is -2.34. The number of nitrogens with one attached hydrogen (secondary N) is 2. The van der Waals surface area contributed by atoms with Gasteiger partial charge in [0.25, 0.3) is 5.91 Å². The zero-order valence-electron chi connectivity index (χ0n) is 19.4. The quantitative estimate of drug-likeness (QED) is 0.547. The Balaban J connectivity index is 1.28. The van der Waals surface area contributed by atoms with E-state index in [2.05, 4.69) is 15.5 Å². The van der Waals surface area contributed by atoms with Crippen LogP contribution in [0.1, 0.15) is 48.2 Å². The number of cyclic esters (lactones) is 1. The van der Waals surface area contributed by atoms with Gasteiger partial charge in [0.05, 0.1) is 33.7 Å². The van der Waals surface area contributed by atoms with Crippen LogP contribution in [0.3, 0.4) is 0 Å². The summed E-state index contributed by atoms with van der Waals surface area (Å²) in [4.78, 5) is 42.2. The van der Waals surface area contributed by atoms with Gasteiger partial charge in [-0.25, -0.2) is 4.79 Å². The number of ether oxygens (including phenoxy) is 1. The van der Waals surface area contributed by atoms with Crippen molar-refractivity contribution in [2.75, 3.05) is 41.3 Å². The molecular formula is C25H29ClN4O4S. The maximum Gasteiger partial charge on any atom is 0.414 e. The number of hydrogen-bond donors (Lipinski definition) is 2. The standard InChI is InChI=1S/C25H29ClN4O4S/c26-22-10-9-21(35-22)24(32)27-14-18-15-30(25(33)34-18)17-7-8-20(29-11-3-4-12-29)19(13-17)28-23(31)16-5-1-2-6-16/h7-10,13,16,18H,1-6,11-12,14-15H2,(H,27,32)(H,28,31). The van der Waals surface area contributed by atoms with E-state index in [1.54, 1.807) is 17.0 Å². The van der Waals surface area contributed by atoms with Crippen LogP contribution in [0.15, 0.2) is 30.3 Å². The van der Waals surface area contributed by atoms with Crippen LogP contribution in [-0.4, -0.2) is 50.2 Å². The fourth-order valence-electron chi connectivity index (χ4n) is 5.02. The average molecular weight is 517 g/mol. The number of benzene rings is 1. The van der Waals surface area contributed by atoms with Gasteiger partial charge in [0.2, 0.25) is 5.91 Å². The molecule has 1 aliphatic carbocycles. The van der Waals surface area contributed by atoms with Crippen LogP contribution in [0.25, 0.3) is 0 Å². The summed E-state index contributed by atoms with van der Waals surface area (Å²) >= 11 is 7.10. The topological polar surface area (TPSA) is 91.0 Å². The van der Waals surface area contributed by atoms with Gasteiger partial charge in [-0.15, -0.1) is 11.3 Å². The maximum atomic E-state index is 12.9. The number of amides is 3. The molecule has 3 amide bonds. The number of halogens is 1. The van der Waals surface area contributed by atoms with Crippen molar-refractivity contribution in [3.05, 3.63) is 39.5 Å². The van der Waals surface area contributed by atoms with Crippen LogP contribution in [0.2, 0.25) is 4.34 Å². The van der Waals surface area contributed by atoms with Crippen LogP contribution in [-0.2, 0) is 9.53 Å². The second kappa shape index (κ2) is 10.5. The molecule has 0 bridgehead atoms. The second-order valence-corrected chi connectivity index (χ2v) is 11.0. The summed E-state index contributed by atoms with van der Waals surface area (Å²) in [6.45, 7) is 2.42. The molecule has 186 valence electrons. The number of hydrogen-bond acceptors (Lipinski definition) is 6. The molecule has 1 aromatic heterocycles. The van der Waals surface area contributed by atoms with Gasteiger partial charge in [-0.2, -0.15) is 0 Å². The molecule has 3 fully saturated rings. The molecule has 8 nitrogen and oxygen atoms in total. The minimum Gasteiger partial charge on any atom is -0.442 e. The van der Waals surface area contributed by atoms with Crippen molar-refractivity contribution in [3.8, 4) is 0 Å². The maximum absolute atomic E-state index is 12.9. The first-order valence-electron chi connectivity index (χ1n) is 12.2.